The molecule has 1 unspecified atom stereocenters. The van der Waals surface area contributed by atoms with Gasteiger partial charge in [0, 0.05) is 5.56 Å². The highest BCUT2D eigenvalue weighted by Gasteiger charge is 2.28. The second kappa shape index (κ2) is 5.30. The van der Waals surface area contributed by atoms with E-state index in [4.69, 9.17) is 0 Å². The van der Waals surface area contributed by atoms with Gasteiger partial charge in [-0.2, -0.15) is 0 Å². The van der Waals surface area contributed by atoms with Crippen LogP contribution >= 0.6 is 11.3 Å². The number of Topliss-reactive ketones (excluding diaryl/α,β-unsaturated/α-hetero) is 1. The number of carbonyl (C=O) groups is 1. The van der Waals surface area contributed by atoms with E-state index in [-0.39, 0.29) is 28.4 Å². The number of thiazole rings is 1. The average Bonchev–Trinajstić information content (AvgIpc) is 3.07. The molecule has 3 rings (SSSR count). The van der Waals surface area contributed by atoms with Gasteiger partial charge in [0.2, 0.25) is 5.88 Å². The molecule has 1 saturated heterocycles. The summed E-state index contributed by atoms with van der Waals surface area (Å²) in [5, 5.41) is 13.4. The van der Waals surface area contributed by atoms with Crippen LogP contribution in [0, 0.1) is 5.82 Å². The fourth-order valence-electron chi connectivity index (χ4n) is 2.28. The van der Waals surface area contributed by atoms with Crippen molar-refractivity contribution in [2.24, 2.45) is 0 Å². The minimum atomic E-state index is -0.373. The summed E-state index contributed by atoms with van der Waals surface area (Å²) in [4.78, 5) is 16.5. The van der Waals surface area contributed by atoms with E-state index in [1.807, 2.05) is 0 Å². The van der Waals surface area contributed by atoms with Crippen molar-refractivity contribution in [2.75, 3.05) is 6.54 Å². The monoisotopic (exact) mass is 292 g/mol. The maximum Gasteiger partial charge on any atom is 0.233 e. The van der Waals surface area contributed by atoms with E-state index in [0.29, 0.717) is 10.6 Å². The number of ketones is 1. The first-order chi connectivity index (χ1) is 9.65. The van der Waals surface area contributed by atoms with Crippen LogP contribution in [0.1, 0.15) is 22.5 Å². The zero-order chi connectivity index (χ0) is 14.1. The van der Waals surface area contributed by atoms with E-state index in [0.717, 1.165) is 30.7 Å². The number of halogens is 1. The number of nitrogens with zero attached hydrogens (tertiary/aromatic N) is 1. The van der Waals surface area contributed by atoms with Gasteiger partial charge in [-0.25, -0.2) is 9.37 Å². The van der Waals surface area contributed by atoms with Crippen molar-refractivity contribution in [3.05, 3.63) is 35.0 Å². The molecule has 6 heteroatoms. The summed E-state index contributed by atoms with van der Waals surface area (Å²) < 4.78 is 13.2. The molecule has 0 radical (unpaired) electrons. The van der Waals surface area contributed by atoms with Crippen LogP contribution in [0.2, 0.25) is 0 Å². The molecule has 2 heterocycles. The Balaban J connectivity index is 1.92. The highest BCUT2D eigenvalue weighted by atomic mass is 32.1. The third-order valence-corrected chi connectivity index (χ3v) is 4.39. The average molecular weight is 292 g/mol. The molecule has 1 aromatic carbocycles. The minimum absolute atomic E-state index is 0.139. The number of carbonyl (C=O) groups excluding carboxylic acids is 1. The van der Waals surface area contributed by atoms with Gasteiger partial charge >= 0.3 is 0 Å². The lowest BCUT2D eigenvalue weighted by molar-refractivity contribution is 0.0953. The molecule has 1 fully saturated rings. The summed E-state index contributed by atoms with van der Waals surface area (Å²) in [6.07, 6.45) is 1.72. The van der Waals surface area contributed by atoms with Gasteiger partial charge < -0.3 is 10.4 Å². The van der Waals surface area contributed by atoms with E-state index in [2.05, 4.69) is 10.3 Å². The van der Waals surface area contributed by atoms with Gasteiger partial charge in [0.05, 0.1) is 6.04 Å². The van der Waals surface area contributed by atoms with E-state index in [1.165, 1.54) is 12.1 Å². The maximum absolute atomic E-state index is 13.2. The van der Waals surface area contributed by atoms with Crippen molar-refractivity contribution in [3.63, 3.8) is 0 Å². The third-order valence-electron chi connectivity index (χ3n) is 3.28. The van der Waals surface area contributed by atoms with Crippen LogP contribution in [0.5, 0.6) is 5.88 Å². The predicted octanol–water partition coefficient (Wildman–Crippen LogP) is 2.59. The highest BCUT2D eigenvalue weighted by molar-refractivity contribution is 7.17. The second-order valence-electron chi connectivity index (χ2n) is 4.70. The molecule has 20 heavy (non-hydrogen) atoms. The smallest absolute Gasteiger partial charge is 0.233 e. The number of aromatic nitrogens is 1. The second-order valence-corrected chi connectivity index (χ2v) is 5.69. The number of rotatable bonds is 3. The molecule has 1 aliphatic rings. The first-order valence-electron chi connectivity index (χ1n) is 6.38. The van der Waals surface area contributed by atoms with Gasteiger partial charge in [-0.05, 0) is 31.5 Å². The SMILES string of the molecule is O=C(c1sc(-c2cccc(F)c2)nc1O)C1CCCN1. The molecule has 4 nitrogen and oxygen atoms in total. The van der Waals surface area contributed by atoms with Gasteiger partial charge in [-0.1, -0.05) is 12.1 Å². The van der Waals surface area contributed by atoms with Crippen LogP contribution in [0.15, 0.2) is 24.3 Å². The number of aromatic hydroxyl groups is 1. The zero-order valence-corrected chi connectivity index (χ0v) is 11.4. The van der Waals surface area contributed by atoms with Gasteiger partial charge in [0.15, 0.2) is 5.78 Å². The zero-order valence-electron chi connectivity index (χ0n) is 10.6. The molecular formula is C14H13FN2O2S. The van der Waals surface area contributed by atoms with Crippen molar-refractivity contribution in [2.45, 2.75) is 18.9 Å². The minimum Gasteiger partial charge on any atom is -0.492 e. The molecule has 1 aromatic heterocycles. The largest absolute Gasteiger partial charge is 0.492 e. The Hall–Kier alpha value is -1.79. The van der Waals surface area contributed by atoms with Crippen LogP contribution in [0.3, 0.4) is 0 Å². The topological polar surface area (TPSA) is 62.2 Å². The van der Waals surface area contributed by atoms with E-state index in [1.54, 1.807) is 12.1 Å². The summed E-state index contributed by atoms with van der Waals surface area (Å²) in [6, 6.07) is 5.69. The molecule has 0 aliphatic carbocycles. The highest BCUT2D eigenvalue weighted by Crippen LogP contribution is 2.33. The number of hydrogen-bond acceptors (Lipinski definition) is 5. The standard InChI is InChI=1S/C14H13FN2O2S/c15-9-4-1-3-8(7-9)14-17-13(19)12(20-14)11(18)10-5-2-6-16-10/h1,3-4,7,10,16,19H,2,5-6H2. The van der Waals surface area contributed by atoms with Crippen LogP contribution in [-0.4, -0.2) is 28.5 Å². The van der Waals surface area contributed by atoms with E-state index >= 15 is 0 Å². The summed E-state index contributed by atoms with van der Waals surface area (Å²) in [6.45, 7) is 0.812. The Kier molecular flexibility index (Phi) is 3.50. The summed E-state index contributed by atoms with van der Waals surface area (Å²) >= 11 is 1.10. The van der Waals surface area contributed by atoms with Crippen LogP contribution in [0.25, 0.3) is 10.6 Å². The van der Waals surface area contributed by atoms with Gasteiger partial charge in [-0.15, -0.1) is 11.3 Å². The lowest BCUT2D eigenvalue weighted by Crippen LogP contribution is -2.30. The number of hydrogen-bond donors (Lipinski definition) is 2. The molecule has 0 amide bonds. The fraction of sp³-hybridized carbons (Fsp3) is 0.286. The Morgan fingerprint density at radius 2 is 2.35 bits per heavy atom. The molecule has 0 spiro atoms. The molecule has 0 saturated carbocycles. The molecule has 1 aliphatic heterocycles. The molecule has 0 bridgehead atoms. The summed E-state index contributed by atoms with van der Waals surface area (Å²) in [5.74, 6) is -0.782. The summed E-state index contributed by atoms with van der Waals surface area (Å²) in [7, 11) is 0. The first kappa shape index (κ1) is 13.2. The lowest BCUT2D eigenvalue weighted by Gasteiger charge is -2.06. The Bertz CT molecular complexity index is 650. The van der Waals surface area contributed by atoms with Crippen molar-refractivity contribution in [3.8, 4) is 16.5 Å². The molecule has 2 aromatic rings. The Morgan fingerprint density at radius 1 is 1.50 bits per heavy atom. The molecule has 2 N–H and O–H groups in total. The van der Waals surface area contributed by atoms with E-state index in [9.17, 15) is 14.3 Å². The van der Waals surface area contributed by atoms with Gasteiger partial charge in [0.1, 0.15) is 15.7 Å². The molecule has 1 atom stereocenters. The molecular weight excluding hydrogens is 279 g/mol. The summed E-state index contributed by atoms with van der Waals surface area (Å²) in [5.41, 5.74) is 0.559. The number of benzene rings is 1. The normalized spacial score (nSPS) is 18.4. The van der Waals surface area contributed by atoms with Crippen LogP contribution in [-0.2, 0) is 0 Å². The Labute approximate surface area is 119 Å². The predicted molar refractivity (Wildman–Crippen MR) is 74.5 cm³/mol. The van der Waals surface area contributed by atoms with Crippen molar-refractivity contribution in [1.82, 2.24) is 10.3 Å². The van der Waals surface area contributed by atoms with Gasteiger partial charge in [-0.3, -0.25) is 4.79 Å². The Morgan fingerprint density at radius 3 is 3.05 bits per heavy atom. The van der Waals surface area contributed by atoms with Crippen LogP contribution in [0.4, 0.5) is 4.39 Å². The van der Waals surface area contributed by atoms with Crippen LogP contribution < -0.4 is 5.32 Å². The fourth-order valence-corrected chi connectivity index (χ4v) is 3.23. The molecule has 104 valence electrons. The van der Waals surface area contributed by atoms with Crippen molar-refractivity contribution < 1.29 is 14.3 Å². The van der Waals surface area contributed by atoms with Crippen molar-refractivity contribution >= 4 is 17.1 Å². The first-order valence-corrected chi connectivity index (χ1v) is 7.20. The van der Waals surface area contributed by atoms with E-state index < -0.39 is 0 Å². The van der Waals surface area contributed by atoms with Gasteiger partial charge in [0.25, 0.3) is 0 Å². The third kappa shape index (κ3) is 2.44. The number of nitrogens with one attached hydrogen (secondary N) is 1. The lowest BCUT2D eigenvalue weighted by atomic mass is 10.1. The van der Waals surface area contributed by atoms with Crippen molar-refractivity contribution in [1.29, 1.82) is 0 Å². The quantitative estimate of drug-likeness (QED) is 0.854. The maximum atomic E-state index is 13.2.